The summed E-state index contributed by atoms with van der Waals surface area (Å²) in [6.45, 7) is 0. The number of alkyl halides is 1. The van der Waals surface area contributed by atoms with Gasteiger partial charge in [-0.3, -0.25) is 0 Å². The molecule has 0 radical (unpaired) electrons. The molecule has 78 valence electrons. The summed E-state index contributed by atoms with van der Waals surface area (Å²) in [6, 6.07) is 6.66. The summed E-state index contributed by atoms with van der Waals surface area (Å²) in [5.74, 6) is 0.908. The second kappa shape index (κ2) is 3.95. The second-order valence-corrected chi connectivity index (χ2v) is 3.33. The van der Waals surface area contributed by atoms with Crippen LogP contribution in [0.5, 0.6) is 5.75 Å². The molecule has 2 aromatic rings. The SMILES string of the molecule is COc1ccc(CCl)c2ccc(=O)oc12. The van der Waals surface area contributed by atoms with Crippen LogP contribution < -0.4 is 10.4 Å². The quantitative estimate of drug-likeness (QED) is 0.581. The van der Waals surface area contributed by atoms with Crippen molar-refractivity contribution < 1.29 is 9.15 Å². The van der Waals surface area contributed by atoms with Gasteiger partial charge in [0.05, 0.1) is 7.11 Å². The first-order valence-electron chi connectivity index (χ1n) is 4.42. The van der Waals surface area contributed by atoms with Crippen molar-refractivity contribution in [1.82, 2.24) is 0 Å². The fourth-order valence-corrected chi connectivity index (χ4v) is 1.70. The number of methoxy groups -OCH3 is 1. The summed E-state index contributed by atoms with van der Waals surface area (Å²) < 4.78 is 10.2. The Bertz CT molecular complexity index is 545. The van der Waals surface area contributed by atoms with E-state index in [1.54, 1.807) is 12.1 Å². The van der Waals surface area contributed by atoms with Crippen LogP contribution in [0.25, 0.3) is 11.0 Å². The number of benzene rings is 1. The zero-order chi connectivity index (χ0) is 10.8. The van der Waals surface area contributed by atoms with Gasteiger partial charge in [-0.2, -0.15) is 0 Å². The Morgan fingerprint density at radius 2 is 2.13 bits per heavy atom. The highest BCUT2D eigenvalue weighted by Crippen LogP contribution is 2.27. The van der Waals surface area contributed by atoms with E-state index in [2.05, 4.69) is 0 Å². The monoisotopic (exact) mass is 224 g/mol. The summed E-state index contributed by atoms with van der Waals surface area (Å²) in [4.78, 5) is 11.1. The van der Waals surface area contributed by atoms with E-state index >= 15 is 0 Å². The molecule has 1 aromatic carbocycles. The van der Waals surface area contributed by atoms with Crippen molar-refractivity contribution in [3.05, 3.63) is 40.2 Å². The van der Waals surface area contributed by atoms with Gasteiger partial charge in [-0.1, -0.05) is 6.07 Å². The average Bonchev–Trinajstić information content (AvgIpc) is 2.27. The van der Waals surface area contributed by atoms with Crippen LogP contribution in [0.2, 0.25) is 0 Å². The molecule has 0 unspecified atom stereocenters. The molecular weight excluding hydrogens is 216 g/mol. The minimum atomic E-state index is -0.396. The summed E-state index contributed by atoms with van der Waals surface area (Å²) in [6.07, 6.45) is 0. The van der Waals surface area contributed by atoms with Crippen LogP contribution >= 0.6 is 11.6 Å². The molecule has 0 aliphatic heterocycles. The summed E-state index contributed by atoms with van der Waals surface area (Å²) in [5, 5.41) is 0.809. The molecule has 0 saturated carbocycles. The molecular formula is C11H9ClO3. The lowest BCUT2D eigenvalue weighted by molar-refractivity contribution is 0.406. The van der Waals surface area contributed by atoms with Crippen LogP contribution in [0.3, 0.4) is 0 Å². The largest absolute Gasteiger partial charge is 0.493 e. The maximum atomic E-state index is 11.1. The normalized spacial score (nSPS) is 10.5. The van der Waals surface area contributed by atoms with E-state index < -0.39 is 5.63 Å². The molecule has 0 spiro atoms. The van der Waals surface area contributed by atoms with Crippen molar-refractivity contribution in [2.45, 2.75) is 5.88 Å². The van der Waals surface area contributed by atoms with Gasteiger partial charge in [0.1, 0.15) is 0 Å². The molecule has 0 aliphatic carbocycles. The number of fused-ring (bicyclic) bond motifs is 1. The highest BCUT2D eigenvalue weighted by molar-refractivity contribution is 6.18. The molecule has 0 amide bonds. The Labute approximate surface area is 91.2 Å². The van der Waals surface area contributed by atoms with Gasteiger partial charge < -0.3 is 9.15 Å². The van der Waals surface area contributed by atoms with Crippen molar-refractivity contribution in [1.29, 1.82) is 0 Å². The minimum Gasteiger partial charge on any atom is -0.493 e. The third-order valence-electron chi connectivity index (χ3n) is 2.20. The van der Waals surface area contributed by atoms with E-state index in [-0.39, 0.29) is 0 Å². The third kappa shape index (κ3) is 1.70. The maximum absolute atomic E-state index is 11.1. The number of halogens is 1. The van der Waals surface area contributed by atoms with E-state index in [0.717, 1.165) is 10.9 Å². The highest BCUT2D eigenvalue weighted by atomic mass is 35.5. The third-order valence-corrected chi connectivity index (χ3v) is 2.49. The number of rotatable bonds is 2. The van der Waals surface area contributed by atoms with Crippen LogP contribution in [-0.4, -0.2) is 7.11 Å². The fraction of sp³-hybridized carbons (Fsp3) is 0.182. The number of ether oxygens (including phenoxy) is 1. The van der Waals surface area contributed by atoms with Crippen molar-refractivity contribution in [3.63, 3.8) is 0 Å². The molecule has 4 heteroatoms. The first kappa shape index (κ1) is 10.1. The minimum absolute atomic E-state index is 0.369. The summed E-state index contributed by atoms with van der Waals surface area (Å²) in [5.41, 5.74) is 0.965. The molecule has 0 aliphatic rings. The molecule has 1 heterocycles. The van der Waals surface area contributed by atoms with Gasteiger partial charge >= 0.3 is 5.63 Å². The van der Waals surface area contributed by atoms with E-state index in [0.29, 0.717) is 17.2 Å². The molecule has 0 bridgehead atoms. The maximum Gasteiger partial charge on any atom is 0.336 e. The predicted octanol–water partition coefficient (Wildman–Crippen LogP) is 2.54. The van der Waals surface area contributed by atoms with Gasteiger partial charge in [0.25, 0.3) is 0 Å². The van der Waals surface area contributed by atoms with Gasteiger partial charge in [0.15, 0.2) is 11.3 Å². The smallest absolute Gasteiger partial charge is 0.336 e. The Hall–Kier alpha value is -1.48. The molecule has 2 rings (SSSR count). The zero-order valence-electron chi connectivity index (χ0n) is 8.12. The molecule has 0 saturated heterocycles. The van der Waals surface area contributed by atoms with Gasteiger partial charge in [-0.05, 0) is 17.7 Å². The summed E-state index contributed by atoms with van der Waals surface area (Å²) in [7, 11) is 1.53. The molecule has 0 atom stereocenters. The fourth-order valence-electron chi connectivity index (χ4n) is 1.47. The number of hydrogen-bond acceptors (Lipinski definition) is 3. The molecule has 15 heavy (non-hydrogen) atoms. The van der Waals surface area contributed by atoms with E-state index in [1.165, 1.54) is 13.2 Å². The van der Waals surface area contributed by atoms with Crippen LogP contribution in [0.1, 0.15) is 5.56 Å². The first-order chi connectivity index (χ1) is 7.26. The van der Waals surface area contributed by atoms with Crippen molar-refractivity contribution in [2.75, 3.05) is 7.11 Å². The molecule has 0 fully saturated rings. The van der Waals surface area contributed by atoms with Gasteiger partial charge in [0.2, 0.25) is 0 Å². The van der Waals surface area contributed by atoms with Crippen LogP contribution in [0, 0.1) is 0 Å². The van der Waals surface area contributed by atoms with Gasteiger partial charge in [-0.25, -0.2) is 4.79 Å². The second-order valence-electron chi connectivity index (χ2n) is 3.06. The number of hydrogen-bond donors (Lipinski definition) is 0. The lowest BCUT2D eigenvalue weighted by atomic mass is 10.1. The lowest BCUT2D eigenvalue weighted by Crippen LogP contribution is -1.97. The van der Waals surface area contributed by atoms with Gasteiger partial charge in [0, 0.05) is 17.3 Å². The Kier molecular flexibility index (Phi) is 2.64. The van der Waals surface area contributed by atoms with E-state index in [4.69, 9.17) is 20.8 Å². The highest BCUT2D eigenvalue weighted by Gasteiger charge is 2.08. The van der Waals surface area contributed by atoms with E-state index in [9.17, 15) is 4.79 Å². The molecule has 3 nitrogen and oxygen atoms in total. The standard InChI is InChI=1S/C11H9ClO3/c1-14-9-4-2-7(6-12)8-3-5-10(13)15-11(8)9/h2-5H,6H2,1H3. The topological polar surface area (TPSA) is 39.4 Å². The van der Waals surface area contributed by atoms with E-state index in [1.807, 2.05) is 6.07 Å². The van der Waals surface area contributed by atoms with Crippen molar-refractivity contribution in [3.8, 4) is 5.75 Å². The Morgan fingerprint density at radius 1 is 1.33 bits per heavy atom. The first-order valence-corrected chi connectivity index (χ1v) is 4.95. The summed E-state index contributed by atoms with van der Waals surface area (Å²) >= 11 is 5.78. The zero-order valence-corrected chi connectivity index (χ0v) is 8.88. The average molecular weight is 225 g/mol. The van der Waals surface area contributed by atoms with Crippen LogP contribution in [0.15, 0.2) is 33.5 Å². The predicted molar refractivity (Wildman–Crippen MR) is 58.6 cm³/mol. The molecule has 0 N–H and O–H groups in total. The van der Waals surface area contributed by atoms with Crippen LogP contribution in [0.4, 0.5) is 0 Å². The lowest BCUT2D eigenvalue weighted by Gasteiger charge is -2.06. The van der Waals surface area contributed by atoms with Crippen molar-refractivity contribution in [2.24, 2.45) is 0 Å². The van der Waals surface area contributed by atoms with Crippen LogP contribution in [-0.2, 0) is 5.88 Å². The Balaban J connectivity index is 2.86. The van der Waals surface area contributed by atoms with Crippen molar-refractivity contribution >= 4 is 22.6 Å². The molecule has 1 aromatic heterocycles. The Morgan fingerprint density at radius 3 is 2.80 bits per heavy atom. The van der Waals surface area contributed by atoms with Gasteiger partial charge in [-0.15, -0.1) is 11.6 Å².